The molecule has 10 heteroatoms. The van der Waals surface area contributed by atoms with Crippen molar-refractivity contribution >= 4 is 50.7 Å². The van der Waals surface area contributed by atoms with Crippen LogP contribution in [0.4, 0.5) is 5.69 Å². The topological polar surface area (TPSA) is 86.8 Å². The molecule has 0 aliphatic rings. The van der Waals surface area contributed by atoms with Gasteiger partial charge in [-0.05, 0) is 53.9 Å². The van der Waals surface area contributed by atoms with Crippen LogP contribution in [0.5, 0.6) is 0 Å². The van der Waals surface area contributed by atoms with E-state index in [0.29, 0.717) is 21.2 Å². The number of anilines is 1. The van der Waals surface area contributed by atoms with Gasteiger partial charge in [0.2, 0.25) is 11.8 Å². The minimum Gasteiger partial charge on any atom is -0.357 e. The average Bonchev–Trinajstić information content (AvgIpc) is 3.00. The van der Waals surface area contributed by atoms with Crippen LogP contribution in [0.25, 0.3) is 0 Å². The van der Waals surface area contributed by atoms with E-state index in [-0.39, 0.29) is 23.5 Å². The molecule has 2 amide bonds. The van der Waals surface area contributed by atoms with Gasteiger partial charge in [-0.25, -0.2) is 8.42 Å². The molecule has 0 saturated heterocycles. The number of likely N-dealkylation sites (N-methyl/N-ethyl adjacent to an activating group) is 1. The molecule has 1 N–H and O–H groups in total. The van der Waals surface area contributed by atoms with Gasteiger partial charge in [-0.2, -0.15) is 0 Å². The largest absolute Gasteiger partial charge is 0.357 e. The Hall–Kier alpha value is -3.85. The average molecular weight is 625 g/mol. The van der Waals surface area contributed by atoms with Crippen molar-refractivity contribution in [3.8, 4) is 0 Å². The van der Waals surface area contributed by atoms with Crippen molar-refractivity contribution in [3.63, 3.8) is 0 Å². The summed E-state index contributed by atoms with van der Waals surface area (Å²) in [5.41, 5.74) is 2.32. The van der Waals surface area contributed by atoms with Gasteiger partial charge in [0.05, 0.1) is 10.6 Å². The van der Waals surface area contributed by atoms with Gasteiger partial charge in [-0.1, -0.05) is 96.0 Å². The van der Waals surface area contributed by atoms with Crippen molar-refractivity contribution in [1.82, 2.24) is 10.2 Å². The Morgan fingerprint density at radius 3 is 2.12 bits per heavy atom. The molecule has 4 rings (SSSR count). The van der Waals surface area contributed by atoms with Crippen LogP contribution in [0.3, 0.4) is 0 Å². The molecule has 0 heterocycles. The Morgan fingerprint density at radius 1 is 0.857 bits per heavy atom. The fraction of sp³-hybridized carbons (Fsp3) is 0.188. The molecule has 0 radical (unpaired) electrons. The van der Waals surface area contributed by atoms with Crippen molar-refractivity contribution in [3.05, 3.63) is 130 Å². The molecule has 0 bridgehead atoms. The van der Waals surface area contributed by atoms with Crippen LogP contribution < -0.4 is 9.62 Å². The van der Waals surface area contributed by atoms with Crippen molar-refractivity contribution in [2.45, 2.75) is 30.8 Å². The third-order valence-corrected chi connectivity index (χ3v) is 9.24. The first-order valence-corrected chi connectivity index (χ1v) is 15.4. The fourth-order valence-corrected chi connectivity index (χ4v) is 6.47. The summed E-state index contributed by atoms with van der Waals surface area (Å²) in [5, 5.41) is 3.40. The number of nitrogens with one attached hydrogen (secondary N) is 1. The second-order valence-electron chi connectivity index (χ2n) is 9.69. The number of hydrogen-bond donors (Lipinski definition) is 1. The van der Waals surface area contributed by atoms with Gasteiger partial charge in [0.1, 0.15) is 12.6 Å². The van der Waals surface area contributed by atoms with Crippen molar-refractivity contribution < 1.29 is 18.0 Å². The molecular weight excluding hydrogens is 593 g/mol. The highest BCUT2D eigenvalue weighted by Gasteiger charge is 2.35. The summed E-state index contributed by atoms with van der Waals surface area (Å²) in [6.07, 6.45) is 0.207. The minimum absolute atomic E-state index is 0.0157. The van der Waals surface area contributed by atoms with Crippen LogP contribution in [0.15, 0.2) is 108 Å². The molecule has 0 fully saturated rings. The molecule has 0 aromatic heterocycles. The number of rotatable bonds is 11. The summed E-state index contributed by atoms with van der Waals surface area (Å²) in [6, 6.07) is 28.1. The molecule has 0 aliphatic heterocycles. The fourth-order valence-electron chi connectivity index (χ4n) is 4.61. The lowest BCUT2D eigenvalue weighted by Gasteiger charge is -2.34. The maximum Gasteiger partial charge on any atom is 0.264 e. The van der Waals surface area contributed by atoms with E-state index in [1.165, 1.54) is 30.1 Å². The summed E-state index contributed by atoms with van der Waals surface area (Å²) < 4.78 is 29.1. The smallest absolute Gasteiger partial charge is 0.264 e. The Kier molecular flexibility index (Phi) is 10.3. The Bertz CT molecular complexity index is 1650. The van der Waals surface area contributed by atoms with Gasteiger partial charge in [0.25, 0.3) is 10.0 Å². The molecule has 7 nitrogen and oxygen atoms in total. The molecule has 4 aromatic rings. The first-order valence-electron chi connectivity index (χ1n) is 13.2. The Labute approximate surface area is 256 Å². The minimum atomic E-state index is -4.21. The molecule has 0 unspecified atom stereocenters. The molecule has 0 spiro atoms. The van der Waals surface area contributed by atoms with Crippen LogP contribution >= 0.6 is 23.2 Å². The summed E-state index contributed by atoms with van der Waals surface area (Å²) in [5.74, 6) is -0.978. The van der Waals surface area contributed by atoms with E-state index in [9.17, 15) is 18.0 Å². The lowest BCUT2D eigenvalue weighted by molar-refractivity contribution is -0.139. The third-order valence-electron chi connectivity index (χ3n) is 6.87. The highest BCUT2D eigenvalue weighted by molar-refractivity contribution is 7.92. The third kappa shape index (κ3) is 7.31. The number of nitrogens with zero attached hydrogens (tertiary/aromatic N) is 2. The van der Waals surface area contributed by atoms with Crippen molar-refractivity contribution in [1.29, 1.82) is 0 Å². The molecule has 218 valence electrons. The van der Waals surface area contributed by atoms with Crippen molar-refractivity contribution in [2.75, 3.05) is 17.9 Å². The molecule has 4 aromatic carbocycles. The van der Waals surface area contributed by atoms with E-state index in [2.05, 4.69) is 5.32 Å². The van der Waals surface area contributed by atoms with E-state index in [4.69, 9.17) is 23.2 Å². The van der Waals surface area contributed by atoms with Gasteiger partial charge in [0, 0.05) is 30.1 Å². The van der Waals surface area contributed by atoms with Gasteiger partial charge < -0.3 is 10.2 Å². The first kappa shape index (κ1) is 31.1. The van der Waals surface area contributed by atoms with Crippen molar-refractivity contribution in [2.24, 2.45) is 0 Å². The lowest BCUT2D eigenvalue weighted by Crippen LogP contribution is -2.53. The maximum atomic E-state index is 14.3. The zero-order chi connectivity index (χ0) is 30.3. The van der Waals surface area contributed by atoms with Crippen LogP contribution in [0.2, 0.25) is 10.0 Å². The quantitative estimate of drug-likeness (QED) is 0.226. The first-order chi connectivity index (χ1) is 20.1. The molecule has 0 aliphatic carbocycles. The zero-order valence-corrected chi connectivity index (χ0v) is 25.5. The zero-order valence-electron chi connectivity index (χ0n) is 23.2. The number of carbonyl (C=O) groups excluding carboxylic acids is 2. The van der Waals surface area contributed by atoms with E-state index in [1.807, 2.05) is 30.3 Å². The van der Waals surface area contributed by atoms with Crippen LogP contribution in [-0.4, -0.2) is 44.8 Å². The lowest BCUT2D eigenvalue weighted by atomic mass is 10.0. The van der Waals surface area contributed by atoms with Gasteiger partial charge in [-0.3, -0.25) is 13.9 Å². The molecular formula is C32H31Cl2N3O4S. The van der Waals surface area contributed by atoms with E-state index in [0.717, 1.165) is 9.87 Å². The Balaban J connectivity index is 1.82. The summed E-state index contributed by atoms with van der Waals surface area (Å²) >= 11 is 12.8. The number of aryl methyl sites for hydroxylation is 1. The number of halogens is 2. The summed E-state index contributed by atoms with van der Waals surface area (Å²) in [6.45, 7) is 1.15. The number of carbonyl (C=O) groups is 2. The number of sulfonamides is 1. The number of hydrogen-bond acceptors (Lipinski definition) is 4. The number of amides is 2. The highest BCUT2D eigenvalue weighted by atomic mass is 35.5. The summed E-state index contributed by atoms with van der Waals surface area (Å²) in [4.78, 5) is 29.1. The predicted molar refractivity (Wildman–Crippen MR) is 167 cm³/mol. The van der Waals surface area contributed by atoms with Crippen LogP contribution in [0, 0.1) is 6.92 Å². The second kappa shape index (κ2) is 13.9. The predicted octanol–water partition coefficient (Wildman–Crippen LogP) is 5.88. The Morgan fingerprint density at radius 2 is 1.48 bits per heavy atom. The van der Waals surface area contributed by atoms with Crippen LogP contribution in [-0.2, 0) is 32.6 Å². The van der Waals surface area contributed by atoms with Gasteiger partial charge >= 0.3 is 0 Å². The van der Waals surface area contributed by atoms with Gasteiger partial charge in [0.15, 0.2) is 0 Å². The molecule has 1 atom stereocenters. The molecule has 42 heavy (non-hydrogen) atoms. The highest BCUT2D eigenvalue weighted by Crippen LogP contribution is 2.30. The van der Waals surface area contributed by atoms with Crippen LogP contribution in [0.1, 0.15) is 16.7 Å². The molecule has 0 saturated carbocycles. The normalized spacial score (nSPS) is 11.9. The maximum absolute atomic E-state index is 14.3. The second-order valence-corrected chi connectivity index (χ2v) is 12.4. The van der Waals surface area contributed by atoms with E-state index < -0.39 is 34.4 Å². The number of benzene rings is 4. The van der Waals surface area contributed by atoms with E-state index in [1.54, 1.807) is 61.5 Å². The summed E-state index contributed by atoms with van der Waals surface area (Å²) in [7, 11) is -2.71. The van der Waals surface area contributed by atoms with E-state index >= 15 is 0 Å². The monoisotopic (exact) mass is 623 g/mol. The van der Waals surface area contributed by atoms with Gasteiger partial charge in [-0.15, -0.1) is 0 Å². The standard InChI is InChI=1S/C32H31Cl2N3O4S/c1-23-17-18-26(33)20-29(23)37(42(40,41)27-14-7-4-8-15-27)22-31(38)36(21-25-13-9-10-16-28(25)34)30(32(39)35-2)19-24-11-5-3-6-12-24/h3-18,20,30H,19,21-22H2,1-2H3,(H,35,39)/t30-/m0/s1. The SMILES string of the molecule is CNC(=O)[C@H](Cc1ccccc1)N(Cc1ccccc1Cl)C(=O)CN(c1cc(Cl)ccc1C)S(=O)(=O)c1ccccc1.